The summed E-state index contributed by atoms with van der Waals surface area (Å²) in [5.74, 6) is 0.347. The lowest BCUT2D eigenvalue weighted by Crippen LogP contribution is -2.31. The largest absolute Gasteiger partial charge is 0.338 e. The maximum atomic E-state index is 12.6. The molecule has 0 fully saturated rings. The van der Waals surface area contributed by atoms with Crippen LogP contribution < -0.4 is 15.5 Å². The first-order valence-corrected chi connectivity index (χ1v) is 8.44. The van der Waals surface area contributed by atoms with Crippen LogP contribution in [0.25, 0.3) is 0 Å². The number of nitrogens with one attached hydrogen (secondary N) is 2. The Balaban J connectivity index is 1.70. The van der Waals surface area contributed by atoms with E-state index in [9.17, 15) is 9.59 Å². The number of rotatable bonds is 4. The van der Waals surface area contributed by atoms with E-state index >= 15 is 0 Å². The number of fused-ring (bicyclic) bond motifs is 1. The summed E-state index contributed by atoms with van der Waals surface area (Å²) in [4.78, 5) is 30.3. The predicted octanol–water partition coefficient (Wildman–Crippen LogP) is 3.06. The number of amides is 3. The van der Waals surface area contributed by atoms with E-state index in [0.29, 0.717) is 24.6 Å². The van der Waals surface area contributed by atoms with E-state index in [4.69, 9.17) is 0 Å². The third-order valence-corrected chi connectivity index (χ3v) is 4.06. The van der Waals surface area contributed by atoms with Gasteiger partial charge in [-0.25, -0.2) is 4.79 Å². The predicted molar refractivity (Wildman–Crippen MR) is 97.9 cm³/mol. The molecule has 0 bridgehead atoms. The van der Waals surface area contributed by atoms with E-state index in [1.165, 1.54) is 0 Å². The highest BCUT2D eigenvalue weighted by atomic mass is 16.2. The van der Waals surface area contributed by atoms with Crippen molar-refractivity contribution in [2.45, 2.75) is 20.3 Å². The minimum absolute atomic E-state index is 0.0535. The molecule has 1 aromatic heterocycles. The van der Waals surface area contributed by atoms with Crippen LogP contribution in [0, 0.1) is 5.92 Å². The Labute approximate surface area is 147 Å². The monoisotopic (exact) mass is 338 g/mol. The summed E-state index contributed by atoms with van der Waals surface area (Å²) < 4.78 is 0. The minimum Gasteiger partial charge on any atom is -0.338 e. The maximum Gasteiger partial charge on any atom is 0.319 e. The number of anilines is 2. The minimum atomic E-state index is -0.213. The highest BCUT2D eigenvalue weighted by Gasteiger charge is 2.25. The van der Waals surface area contributed by atoms with Gasteiger partial charge in [0.25, 0.3) is 5.91 Å². The van der Waals surface area contributed by atoms with Crippen LogP contribution in [0.2, 0.25) is 0 Å². The number of hydrogen-bond donors (Lipinski definition) is 2. The van der Waals surface area contributed by atoms with E-state index < -0.39 is 0 Å². The van der Waals surface area contributed by atoms with Gasteiger partial charge in [-0.3, -0.25) is 9.78 Å². The Hall–Kier alpha value is -2.89. The highest BCUT2D eigenvalue weighted by Crippen LogP contribution is 2.31. The van der Waals surface area contributed by atoms with Crippen molar-refractivity contribution < 1.29 is 9.59 Å². The number of carbonyl (C=O) groups is 2. The van der Waals surface area contributed by atoms with Crippen molar-refractivity contribution in [3.8, 4) is 0 Å². The topological polar surface area (TPSA) is 74.3 Å². The summed E-state index contributed by atoms with van der Waals surface area (Å²) in [7, 11) is 0. The quantitative estimate of drug-likeness (QED) is 0.900. The molecule has 0 saturated carbocycles. The van der Waals surface area contributed by atoms with Gasteiger partial charge in [0.1, 0.15) is 0 Å². The highest BCUT2D eigenvalue weighted by molar-refractivity contribution is 6.07. The fourth-order valence-corrected chi connectivity index (χ4v) is 2.81. The third kappa shape index (κ3) is 3.96. The average Bonchev–Trinajstić information content (AvgIpc) is 3.03. The van der Waals surface area contributed by atoms with E-state index in [1.54, 1.807) is 29.4 Å². The Morgan fingerprint density at radius 2 is 2.12 bits per heavy atom. The van der Waals surface area contributed by atoms with Crippen molar-refractivity contribution in [1.82, 2.24) is 10.3 Å². The molecule has 3 rings (SSSR count). The van der Waals surface area contributed by atoms with Gasteiger partial charge in [-0.15, -0.1) is 0 Å². The van der Waals surface area contributed by atoms with Crippen LogP contribution >= 0.6 is 0 Å². The molecule has 0 aliphatic carbocycles. The lowest BCUT2D eigenvalue weighted by Gasteiger charge is -2.17. The molecule has 25 heavy (non-hydrogen) atoms. The van der Waals surface area contributed by atoms with Gasteiger partial charge in [0.05, 0.1) is 5.56 Å². The second-order valence-electron chi connectivity index (χ2n) is 6.52. The maximum absolute atomic E-state index is 12.6. The lowest BCUT2D eigenvalue weighted by molar-refractivity contribution is 0.0989. The van der Waals surface area contributed by atoms with Crippen LogP contribution in [0.4, 0.5) is 16.2 Å². The standard InChI is InChI=1S/C19H22N4O2/c1-13(2)11-21-19(25)22-16-5-6-17-14(10-16)7-9-23(17)18(24)15-4-3-8-20-12-15/h3-6,8,10,12-13H,7,9,11H2,1-2H3,(H2,21,22,25). The van der Waals surface area contributed by atoms with Crippen LogP contribution in [-0.4, -0.2) is 30.0 Å². The molecule has 0 spiro atoms. The normalized spacial score (nSPS) is 12.8. The van der Waals surface area contributed by atoms with E-state index in [2.05, 4.69) is 15.6 Å². The molecule has 2 heterocycles. The average molecular weight is 338 g/mol. The number of hydrogen-bond acceptors (Lipinski definition) is 3. The summed E-state index contributed by atoms with van der Waals surface area (Å²) in [6, 6.07) is 8.95. The van der Waals surface area contributed by atoms with Gasteiger partial charge in [0.15, 0.2) is 0 Å². The molecule has 0 radical (unpaired) electrons. The number of benzene rings is 1. The lowest BCUT2D eigenvalue weighted by atomic mass is 10.1. The zero-order chi connectivity index (χ0) is 17.8. The van der Waals surface area contributed by atoms with E-state index in [1.807, 2.05) is 32.0 Å². The van der Waals surface area contributed by atoms with Gasteiger partial charge in [-0.2, -0.15) is 0 Å². The van der Waals surface area contributed by atoms with Gasteiger partial charge in [-0.1, -0.05) is 13.8 Å². The summed E-state index contributed by atoms with van der Waals surface area (Å²) in [5, 5.41) is 5.66. The molecule has 0 saturated heterocycles. The van der Waals surface area contributed by atoms with Crippen LogP contribution in [-0.2, 0) is 6.42 Å². The molecule has 2 aromatic rings. The van der Waals surface area contributed by atoms with Crippen LogP contribution in [0.5, 0.6) is 0 Å². The Morgan fingerprint density at radius 1 is 1.28 bits per heavy atom. The van der Waals surface area contributed by atoms with E-state index in [0.717, 1.165) is 23.4 Å². The van der Waals surface area contributed by atoms with Gasteiger partial charge in [0.2, 0.25) is 0 Å². The molecular weight excluding hydrogens is 316 g/mol. The molecule has 130 valence electrons. The fourth-order valence-electron chi connectivity index (χ4n) is 2.81. The van der Waals surface area contributed by atoms with E-state index in [-0.39, 0.29) is 11.9 Å². The number of urea groups is 1. The first kappa shape index (κ1) is 17.0. The molecule has 1 aliphatic heterocycles. The number of pyridine rings is 1. The Morgan fingerprint density at radius 3 is 2.84 bits per heavy atom. The second kappa shape index (κ2) is 7.34. The Bertz CT molecular complexity index is 774. The molecule has 0 unspecified atom stereocenters. The van der Waals surface area contributed by atoms with Crippen molar-refractivity contribution in [3.63, 3.8) is 0 Å². The molecule has 0 atom stereocenters. The molecule has 6 heteroatoms. The fraction of sp³-hybridized carbons (Fsp3) is 0.316. The van der Waals surface area contributed by atoms with Crippen molar-refractivity contribution >= 4 is 23.3 Å². The Kier molecular flexibility index (Phi) is 4.97. The second-order valence-corrected chi connectivity index (χ2v) is 6.52. The first-order valence-electron chi connectivity index (χ1n) is 8.44. The molecule has 2 N–H and O–H groups in total. The summed E-state index contributed by atoms with van der Waals surface area (Å²) in [5.41, 5.74) is 3.25. The van der Waals surface area contributed by atoms with Gasteiger partial charge < -0.3 is 15.5 Å². The molecule has 6 nitrogen and oxygen atoms in total. The molecule has 1 aliphatic rings. The van der Waals surface area contributed by atoms with Crippen molar-refractivity contribution in [2.75, 3.05) is 23.3 Å². The molecule has 1 aromatic carbocycles. The SMILES string of the molecule is CC(C)CNC(=O)Nc1ccc2c(c1)CCN2C(=O)c1cccnc1. The molecule has 3 amide bonds. The summed E-state index contributed by atoms with van der Waals surface area (Å²) in [6.07, 6.45) is 4.00. The van der Waals surface area contributed by atoms with Crippen LogP contribution in [0.15, 0.2) is 42.7 Å². The van der Waals surface area contributed by atoms with Crippen molar-refractivity contribution in [1.29, 1.82) is 0 Å². The summed E-state index contributed by atoms with van der Waals surface area (Å²) in [6.45, 7) is 5.35. The first-order chi connectivity index (χ1) is 12.0. The van der Waals surface area contributed by atoms with Crippen molar-refractivity contribution in [2.24, 2.45) is 5.92 Å². The number of carbonyl (C=O) groups excluding carboxylic acids is 2. The van der Waals surface area contributed by atoms with Gasteiger partial charge >= 0.3 is 6.03 Å². The van der Waals surface area contributed by atoms with Crippen LogP contribution in [0.3, 0.4) is 0 Å². The van der Waals surface area contributed by atoms with Gasteiger partial charge in [0, 0.05) is 36.9 Å². The molecular formula is C19H22N4O2. The number of aromatic nitrogens is 1. The smallest absolute Gasteiger partial charge is 0.319 e. The zero-order valence-corrected chi connectivity index (χ0v) is 14.5. The van der Waals surface area contributed by atoms with Crippen LogP contribution in [0.1, 0.15) is 29.8 Å². The summed E-state index contributed by atoms with van der Waals surface area (Å²) >= 11 is 0. The van der Waals surface area contributed by atoms with Crippen molar-refractivity contribution in [3.05, 3.63) is 53.9 Å². The number of nitrogens with zero attached hydrogens (tertiary/aromatic N) is 2. The zero-order valence-electron chi connectivity index (χ0n) is 14.5. The third-order valence-electron chi connectivity index (χ3n) is 4.06. The van der Waals surface area contributed by atoms with Gasteiger partial charge in [-0.05, 0) is 48.2 Å².